The molecule has 0 aromatic heterocycles. The molecule has 110 valence electrons. The molecule has 0 radical (unpaired) electrons. The summed E-state index contributed by atoms with van der Waals surface area (Å²) >= 11 is 0. The molecule has 1 aliphatic heterocycles. The quantitative estimate of drug-likeness (QED) is 0.716. The van der Waals surface area contributed by atoms with Crippen molar-refractivity contribution in [2.24, 2.45) is 11.8 Å². The topological polar surface area (TPSA) is 61.8 Å². The highest BCUT2D eigenvalue weighted by atomic mass is 16.6. The number of carbonyl (C=O) groups excluding carboxylic acids is 2. The zero-order valence-electron chi connectivity index (χ0n) is 12.2. The Hall–Kier alpha value is -1.10. The third kappa shape index (κ3) is 5.59. The van der Waals surface area contributed by atoms with E-state index >= 15 is 0 Å². The van der Waals surface area contributed by atoms with E-state index in [1.165, 1.54) is 0 Å². The van der Waals surface area contributed by atoms with Crippen LogP contribution in [0.1, 0.15) is 40.5 Å². The SMILES string of the molecule is CC(C)C(=O)OCC1CC(OC(=O)C(C)C)CCO1. The van der Waals surface area contributed by atoms with Crippen molar-refractivity contribution in [3.63, 3.8) is 0 Å². The average molecular weight is 272 g/mol. The predicted octanol–water partition coefficient (Wildman–Crippen LogP) is 1.93. The molecule has 0 spiro atoms. The summed E-state index contributed by atoms with van der Waals surface area (Å²) in [7, 11) is 0. The first-order valence-electron chi connectivity index (χ1n) is 6.88. The molecule has 1 fully saturated rings. The number of carbonyl (C=O) groups is 2. The molecule has 1 heterocycles. The molecule has 0 aromatic carbocycles. The monoisotopic (exact) mass is 272 g/mol. The standard InChI is InChI=1S/C14H24O5/c1-9(2)13(15)18-8-12-7-11(5-6-17-12)19-14(16)10(3)4/h9-12H,5-8H2,1-4H3. The van der Waals surface area contributed by atoms with Gasteiger partial charge >= 0.3 is 11.9 Å². The summed E-state index contributed by atoms with van der Waals surface area (Å²) in [6, 6.07) is 0. The molecule has 1 saturated heterocycles. The normalized spacial score (nSPS) is 23.5. The maximum absolute atomic E-state index is 11.5. The van der Waals surface area contributed by atoms with Gasteiger partial charge in [0, 0.05) is 12.8 Å². The molecule has 0 aliphatic carbocycles. The van der Waals surface area contributed by atoms with Crippen LogP contribution in [0.25, 0.3) is 0 Å². The van der Waals surface area contributed by atoms with Gasteiger partial charge in [0.15, 0.2) is 0 Å². The minimum absolute atomic E-state index is 0.125. The third-order valence-electron chi connectivity index (χ3n) is 2.96. The van der Waals surface area contributed by atoms with E-state index in [0.29, 0.717) is 19.4 Å². The van der Waals surface area contributed by atoms with Gasteiger partial charge in [0.05, 0.1) is 24.5 Å². The van der Waals surface area contributed by atoms with E-state index in [9.17, 15) is 9.59 Å². The maximum Gasteiger partial charge on any atom is 0.308 e. The molecule has 5 heteroatoms. The van der Waals surface area contributed by atoms with Gasteiger partial charge in [-0.1, -0.05) is 27.7 Å². The summed E-state index contributed by atoms with van der Waals surface area (Å²) < 4.78 is 16.0. The van der Waals surface area contributed by atoms with Crippen LogP contribution in [0.15, 0.2) is 0 Å². The fourth-order valence-electron chi connectivity index (χ4n) is 1.71. The van der Waals surface area contributed by atoms with E-state index in [2.05, 4.69) is 0 Å². The summed E-state index contributed by atoms with van der Waals surface area (Å²) in [5, 5.41) is 0. The second-order valence-corrected chi connectivity index (χ2v) is 5.52. The van der Waals surface area contributed by atoms with E-state index in [-0.39, 0.29) is 42.6 Å². The summed E-state index contributed by atoms with van der Waals surface area (Å²) in [6.45, 7) is 7.95. The van der Waals surface area contributed by atoms with E-state index in [4.69, 9.17) is 14.2 Å². The fraction of sp³-hybridized carbons (Fsp3) is 0.857. The molecule has 0 amide bonds. The Kier molecular flexibility index (Phi) is 6.28. The predicted molar refractivity (Wildman–Crippen MR) is 69.5 cm³/mol. The Morgan fingerprint density at radius 3 is 2.37 bits per heavy atom. The van der Waals surface area contributed by atoms with Gasteiger partial charge in [-0.3, -0.25) is 9.59 Å². The molecule has 0 bridgehead atoms. The van der Waals surface area contributed by atoms with Crippen molar-refractivity contribution in [1.82, 2.24) is 0 Å². The van der Waals surface area contributed by atoms with Crippen molar-refractivity contribution >= 4 is 11.9 Å². The molecule has 0 aromatic rings. The van der Waals surface area contributed by atoms with Crippen LogP contribution < -0.4 is 0 Å². The Morgan fingerprint density at radius 1 is 1.16 bits per heavy atom. The summed E-state index contributed by atoms with van der Waals surface area (Å²) in [5.74, 6) is -0.687. The smallest absolute Gasteiger partial charge is 0.308 e. The van der Waals surface area contributed by atoms with Gasteiger partial charge in [0.25, 0.3) is 0 Å². The van der Waals surface area contributed by atoms with Crippen molar-refractivity contribution in [2.45, 2.75) is 52.7 Å². The Bertz CT molecular complexity index is 311. The molecule has 1 aliphatic rings. The Balaban J connectivity index is 2.34. The lowest BCUT2D eigenvalue weighted by molar-refractivity contribution is -0.166. The van der Waals surface area contributed by atoms with Crippen LogP contribution in [0.4, 0.5) is 0 Å². The fourth-order valence-corrected chi connectivity index (χ4v) is 1.71. The number of ether oxygens (including phenoxy) is 3. The minimum Gasteiger partial charge on any atom is -0.463 e. The van der Waals surface area contributed by atoms with Gasteiger partial charge in [0.1, 0.15) is 12.7 Å². The highest BCUT2D eigenvalue weighted by molar-refractivity contribution is 5.72. The zero-order valence-corrected chi connectivity index (χ0v) is 12.2. The summed E-state index contributed by atoms with van der Waals surface area (Å²) in [6.07, 6.45) is 0.976. The van der Waals surface area contributed by atoms with Crippen LogP contribution in [-0.2, 0) is 23.8 Å². The van der Waals surface area contributed by atoms with E-state index in [1.54, 1.807) is 13.8 Å². The van der Waals surface area contributed by atoms with E-state index in [1.807, 2.05) is 13.8 Å². The minimum atomic E-state index is -0.232. The molecule has 1 rings (SSSR count). The third-order valence-corrected chi connectivity index (χ3v) is 2.96. The van der Waals surface area contributed by atoms with Crippen molar-refractivity contribution < 1.29 is 23.8 Å². The van der Waals surface area contributed by atoms with E-state index < -0.39 is 0 Å². The highest BCUT2D eigenvalue weighted by Gasteiger charge is 2.27. The summed E-state index contributed by atoms with van der Waals surface area (Å²) in [5.41, 5.74) is 0. The maximum atomic E-state index is 11.5. The molecule has 0 saturated carbocycles. The first-order valence-corrected chi connectivity index (χ1v) is 6.88. The van der Waals surface area contributed by atoms with Gasteiger partial charge in [0.2, 0.25) is 0 Å². The second-order valence-electron chi connectivity index (χ2n) is 5.52. The van der Waals surface area contributed by atoms with Crippen LogP contribution in [0, 0.1) is 11.8 Å². The molecular formula is C14H24O5. The van der Waals surface area contributed by atoms with Crippen LogP contribution >= 0.6 is 0 Å². The number of hydrogen-bond acceptors (Lipinski definition) is 5. The largest absolute Gasteiger partial charge is 0.463 e. The molecule has 19 heavy (non-hydrogen) atoms. The Labute approximate surface area is 114 Å². The summed E-state index contributed by atoms with van der Waals surface area (Å²) in [4.78, 5) is 22.9. The van der Waals surface area contributed by atoms with Crippen molar-refractivity contribution in [3.8, 4) is 0 Å². The van der Waals surface area contributed by atoms with Crippen LogP contribution in [0.2, 0.25) is 0 Å². The Morgan fingerprint density at radius 2 is 1.79 bits per heavy atom. The lowest BCUT2D eigenvalue weighted by atomic mass is 10.1. The van der Waals surface area contributed by atoms with Crippen LogP contribution in [-0.4, -0.2) is 37.4 Å². The van der Waals surface area contributed by atoms with Crippen LogP contribution in [0.3, 0.4) is 0 Å². The molecule has 0 N–H and O–H groups in total. The van der Waals surface area contributed by atoms with Gasteiger partial charge < -0.3 is 14.2 Å². The molecule has 2 atom stereocenters. The highest BCUT2D eigenvalue weighted by Crippen LogP contribution is 2.19. The van der Waals surface area contributed by atoms with Crippen molar-refractivity contribution in [1.29, 1.82) is 0 Å². The van der Waals surface area contributed by atoms with Gasteiger partial charge in [-0.2, -0.15) is 0 Å². The van der Waals surface area contributed by atoms with Crippen molar-refractivity contribution in [3.05, 3.63) is 0 Å². The van der Waals surface area contributed by atoms with E-state index in [0.717, 1.165) is 0 Å². The van der Waals surface area contributed by atoms with Crippen LogP contribution in [0.5, 0.6) is 0 Å². The second kappa shape index (κ2) is 7.48. The van der Waals surface area contributed by atoms with Gasteiger partial charge in [-0.25, -0.2) is 0 Å². The average Bonchev–Trinajstić information content (AvgIpc) is 2.36. The first kappa shape index (κ1) is 16.0. The van der Waals surface area contributed by atoms with Gasteiger partial charge in [-0.05, 0) is 0 Å². The number of esters is 2. The van der Waals surface area contributed by atoms with Gasteiger partial charge in [-0.15, -0.1) is 0 Å². The lowest BCUT2D eigenvalue weighted by Crippen LogP contribution is -2.36. The molecular weight excluding hydrogens is 248 g/mol. The molecule has 2 unspecified atom stereocenters. The number of rotatable bonds is 5. The number of hydrogen-bond donors (Lipinski definition) is 0. The lowest BCUT2D eigenvalue weighted by Gasteiger charge is -2.29. The first-order chi connectivity index (χ1) is 8.90. The zero-order chi connectivity index (χ0) is 14.4. The molecule has 5 nitrogen and oxygen atoms in total. The van der Waals surface area contributed by atoms with Crippen molar-refractivity contribution in [2.75, 3.05) is 13.2 Å².